The van der Waals surface area contributed by atoms with Crippen molar-refractivity contribution in [2.45, 2.75) is 50.8 Å². The second kappa shape index (κ2) is 7.69. The molecule has 0 bridgehead atoms. The lowest BCUT2D eigenvalue weighted by atomic mass is 9.99. The van der Waals surface area contributed by atoms with Gasteiger partial charge in [0.05, 0.1) is 6.10 Å². The summed E-state index contributed by atoms with van der Waals surface area (Å²) in [7, 11) is 0. The summed E-state index contributed by atoms with van der Waals surface area (Å²) < 4.78 is 26.3. The second-order valence-corrected chi connectivity index (χ2v) is 6.86. The van der Waals surface area contributed by atoms with E-state index in [1.54, 1.807) is 6.07 Å². The molecule has 2 heterocycles. The Morgan fingerprint density at radius 3 is 2.39 bits per heavy atom. The Balaban J connectivity index is 1.56. The first-order valence-corrected chi connectivity index (χ1v) is 8.72. The molecule has 3 nitrogen and oxygen atoms in total. The van der Waals surface area contributed by atoms with E-state index < -0.39 is 11.6 Å². The van der Waals surface area contributed by atoms with Crippen LogP contribution >= 0.6 is 0 Å². The van der Waals surface area contributed by atoms with Crippen molar-refractivity contribution in [1.82, 2.24) is 9.80 Å². The van der Waals surface area contributed by atoms with Crippen LogP contribution < -0.4 is 0 Å². The van der Waals surface area contributed by atoms with E-state index in [9.17, 15) is 13.9 Å². The minimum Gasteiger partial charge on any atom is -0.390 e. The van der Waals surface area contributed by atoms with Crippen LogP contribution in [0.1, 0.15) is 37.7 Å². The summed E-state index contributed by atoms with van der Waals surface area (Å²) in [6.07, 6.45) is 5.60. The summed E-state index contributed by atoms with van der Waals surface area (Å²) in [5.41, 5.74) is 0.754. The largest absolute Gasteiger partial charge is 0.390 e. The number of β-amino-alcohol motifs (C(OH)–C–C–N with tert-alkyl or cyclic N) is 1. The van der Waals surface area contributed by atoms with E-state index in [0.717, 1.165) is 31.6 Å². The molecule has 128 valence electrons. The summed E-state index contributed by atoms with van der Waals surface area (Å²) in [6, 6.07) is 4.29. The molecule has 0 spiro atoms. The SMILES string of the molecule is O[C@@H]1CN(Cc2ccc(F)c(F)c2)CC[C@H]1N1CCCCCC1. The predicted molar refractivity (Wildman–Crippen MR) is 86.1 cm³/mol. The molecule has 1 N–H and O–H groups in total. The van der Waals surface area contributed by atoms with E-state index in [0.29, 0.717) is 13.1 Å². The third-order valence-corrected chi connectivity index (χ3v) is 5.13. The smallest absolute Gasteiger partial charge is 0.159 e. The molecule has 0 saturated carbocycles. The minimum absolute atomic E-state index is 0.245. The third kappa shape index (κ3) is 4.28. The first kappa shape index (κ1) is 16.8. The molecule has 1 aromatic rings. The van der Waals surface area contributed by atoms with Gasteiger partial charge in [-0.3, -0.25) is 9.80 Å². The number of hydrogen-bond acceptors (Lipinski definition) is 3. The molecule has 0 aromatic heterocycles. The fourth-order valence-corrected chi connectivity index (χ4v) is 3.88. The minimum atomic E-state index is -0.811. The summed E-state index contributed by atoms with van der Waals surface area (Å²) in [5.74, 6) is -1.61. The number of halogens is 2. The summed E-state index contributed by atoms with van der Waals surface area (Å²) in [6.45, 7) is 4.22. The van der Waals surface area contributed by atoms with Crippen molar-refractivity contribution in [2.24, 2.45) is 0 Å². The van der Waals surface area contributed by atoms with Crippen LogP contribution in [0.2, 0.25) is 0 Å². The van der Waals surface area contributed by atoms with Crippen molar-refractivity contribution in [2.75, 3.05) is 26.2 Å². The molecule has 2 aliphatic rings. The molecule has 3 rings (SSSR count). The van der Waals surface area contributed by atoms with Crippen LogP contribution in [0.5, 0.6) is 0 Å². The van der Waals surface area contributed by atoms with E-state index in [-0.39, 0.29) is 12.1 Å². The van der Waals surface area contributed by atoms with Gasteiger partial charge in [0, 0.05) is 25.7 Å². The number of rotatable bonds is 3. The quantitative estimate of drug-likeness (QED) is 0.926. The number of aliphatic hydroxyl groups excluding tert-OH is 1. The highest BCUT2D eigenvalue weighted by Crippen LogP contribution is 2.22. The zero-order valence-electron chi connectivity index (χ0n) is 13.6. The molecule has 0 aliphatic carbocycles. The van der Waals surface area contributed by atoms with Gasteiger partial charge in [0.25, 0.3) is 0 Å². The van der Waals surface area contributed by atoms with Crippen LogP contribution in [-0.2, 0) is 6.54 Å². The van der Waals surface area contributed by atoms with Crippen molar-refractivity contribution >= 4 is 0 Å². The lowest BCUT2D eigenvalue weighted by Gasteiger charge is -2.41. The summed E-state index contributed by atoms with van der Waals surface area (Å²) >= 11 is 0. The molecule has 5 heteroatoms. The Labute approximate surface area is 136 Å². The van der Waals surface area contributed by atoms with Crippen LogP contribution in [0.4, 0.5) is 8.78 Å². The van der Waals surface area contributed by atoms with Gasteiger partial charge in [-0.15, -0.1) is 0 Å². The van der Waals surface area contributed by atoms with Gasteiger partial charge in [0.2, 0.25) is 0 Å². The molecule has 1 aromatic carbocycles. The highest BCUT2D eigenvalue weighted by Gasteiger charge is 2.32. The zero-order chi connectivity index (χ0) is 16.2. The number of aliphatic hydroxyl groups is 1. The van der Waals surface area contributed by atoms with Crippen LogP contribution in [0.25, 0.3) is 0 Å². The number of nitrogens with zero attached hydrogens (tertiary/aromatic N) is 2. The Morgan fingerprint density at radius 2 is 1.74 bits per heavy atom. The van der Waals surface area contributed by atoms with Crippen molar-refractivity contribution in [3.05, 3.63) is 35.4 Å². The number of likely N-dealkylation sites (tertiary alicyclic amines) is 2. The van der Waals surface area contributed by atoms with Gasteiger partial charge in [-0.25, -0.2) is 8.78 Å². The first-order chi connectivity index (χ1) is 11.1. The van der Waals surface area contributed by atoms with Crippen LogP contribution in [-0.4, -0.2) is 53.2 Å². The number of piperidine rings is 1. The Bertz CT molecular complexity index is 518. The maximum atomic E-state index is 13.3. The van der Waals surface area contributed by atoms with Crippen molar-refractivity contribution in [1.29, 1.82) is 0 Å². The van der Waals surface area contributed by atoms with Gasteiger partial charge >= 0.3 is 0 Å². The van der Waals surface area contributed by atoms with E-state index in [4.69, 9.17) is 0 Å². The summed E-state index contributed by atoms with van der Waals surface area (Å²) in [4.78, 5) is 4.58. The number of benzene rings is 1. The van der Waals surface area contributed by atoms with Gasteiger partial charge in [-0.05, 0) is 50.0 Å². The Morgan fingerprint density at radius 1 is 1.00 bits per heavy atom. The van der Waals surface area contributed by atoms with Crippen LogP contribution in [0.3, 0.4) is 0 Å². The normalized spacial score (nSPS) is 27.8. The van der Waals surface area contributed by atoms with Gasteiger partial charge in [0.15, 0.2) is 11.6 Å². The molecule has 0 radical (unpaired) electrons. The molecule has 0 unspecified atom stereocenters. The fraction of sp³-hybridized carbons (Fsp3) is 0.667. The first-order valence-electron chi connectivity index (χ1n) is 8.72. The molecule has 0 amide bonds. The average Bonchev–Trinajstić information content (AvgIpc) is 2.80. The maximum Gasteiger partial charge on any atom is 0.159 e. The van der Waals surface area contributed by atoms with Crippen molar-refractivity contribution in [3.8, 4) is 0 Å². The highest BCUT2D eigenvalue weighted by atomic mass is 19.2. The molecule has 2 fully saturated rings. The van der Waals surface area contributed by atoms with Gasteiger partial charge in [-0.1, -0.05) is 18.9 Å². The molecule has 2 saturated heterocycles. The zero-order valence-corrected chi connectivity index (χ0v) is 13.6. The van der Waals surface area contributed by atoms with E-state index in [1.807, 2.05) is 0 Å². The second-order valence-electron chi connectivity index (χ2n) is 6.86. The number of hydrogen-bond donors (Lipinski definition) is 1. The van der Waals surface area contributed by atoms with E-state index in [2.05, 4.69) is 9.80 Å². The lowest BCUT2D eigenvalue weighted by molar-refractivity contribution is -0.0144. The summed E-state index contributed by atoms with van der Waals surface area (Å²) in [5, 5.41) is 10.5. The lowest BCUT2D eigenvalue weighted by Crippen LogP contribution is -2.54. The van der Waals surface area contributed by atoms with Gasteiger partial charge < -0.3 is 5.11 Å². The Hall–Kier alpha value is -1.04. The maximum absolute atomic E-state index is 13.3. The predicted octanol–water partition coefficient (Wildman–Crippen LogP) is 2.78. The standard InChI is InChI=1S/C18H26F2N2O/c19-15-6-5-14(11-16(15)20)12-21-10-7-17(18(23)13-21)22-8-3-1-2-4-9-22/h5-6,11,17-18,23H,1-4,7-10,12-13H2/t17-,18-/m1/s1. The van der Waals surface area contributed by atoms with Gasteiger partial charge in [0.1, 0.15) is 0 Å². The van der Waals surface area contributed by atoms with Crippen molar-refractivity contribution in [3.63, 3.8) is 0 Å². The molecular weight excluding hydrogens is 298 g/mol. The highest BCUT2D eigenvalue weighted by molar-refractivity contribution is 5.17. The van der Waals surface area contributed by atoms with Gasteiger partial charge in [-0.2, -0.15) is 0 Å². The molecular formula is C18H26F2N2O. The Kier molecular flexibility index (Phi) is 5.62. The average molecular weight is 324 g/mol. The monoisotopic (exact) mass is 324 g/mol. The van der Waals surface area contributed by atoms with Crippen molar-refractivity contribution < 1.29 is 13.9 Å². The van der Waals surface area contributed by atoms with Crippen LogP contribution in [0, 0.1) is 11.6 Å². The van der Waals surface area contributed by atoms with E-state index >= 15 is 0 Å². The molecule has 2 aliphatic heterocycles. The molecule has 2 atom stereocenters. The molecule has 23 heavy (non-hydrogen) atoms. The topological polar surface area (TPSA) is 26.7 Å². The third-order valence-electron chi connectivity index (χ3n) is 5.13. The fourth-order valence-electron chi connectivity index (χ4n) is 3.88. The van der Waals surface area contributed by atoms with Crippen LogP contribution in [0.15, 0.2) is 18.2 Å². The van der Waals surface area contributed by atoms with E-state index in [1.165, 1.54) is 37.8 Å².